The van der Waals surface area contributed by atoms with Gasteiger partial charge in [0.1, 0.15) is 0 Å². The van der Waals surface area contributed by atoms with Gasteiger partial charge in [0.05, 0.1) is 20.8 Å². The zero-order chi connectivity index (χ0) is 17.0. The molecule has 1 atom stereocenters. The molecule has 23 heavy (non-hydrogen) atoms. The number of amides is 1. The van der Waals surface area contributed by atoms with Crippen LogP contribution in [0.4, 0.5) is 13.2 Å². The number of carbonyl (C=O) groups is 1. The Hall–Kier alpha value is -1.48. The van der Waals surface area contributed by atoms with Crippen LogP contribution in [-0.2, 0) is 28.2 Å². The summed E-state index contributed by atoms with van der Waals surface area (Å²) in [7, 11) is -0.959. The van der Waals surface area contributed by atoms with Crippen LogP contribution in [0.25, 0.3) is 10.2 Å². The van der Waals surface area contributed by atoms with E-state index in [4.69, 9.17) is 0 Å². The minimum absolute atomic E-state index is 0.189. The number of aromatic nitrogens is 1. The van der Waals surface area contributed by atoms with E-state index in [1.165, 1.54) is 17.4 Å². The second kappa shape index (κ2) is 7.39. The maximum Gasteiger partial charge on any atom is 0.416 e. The van der Waals surface area contributed by atoms with E-state index in [1.54, 1.807) is 6.26 Å². The topological polar surface area (TPSA) is 59.1 Å². The number of hydrogen-bond donors (Lipinski definition) is 1. The van der Waals surface area contributed by atoms with E-state index >= 15 is 0 Å². The Morgan fingerprint density at radius 1 is 1.39 bits per heavy atom. The van der Waals surface area contributed by atoms with Gasteiger partial charge >= 0.3 is 6.18 Å². The molecule has 9 heteroatoms. The molecular formula is C14H15F3N2O2S2. The molecule has 0 aliphatic rings. The third-order valence-corrected chi connectivity index (χ3v) is 4.91. The summed E-state index contributed by atoms with van der Waals surface area (Å²) >= 11 is 1.28. The van der Waals surface area contributed by atoms with E-state index in [1.807, 2.05) is 0 Å². The van der Waals surface area contributed by atoms with E-state index in [-0.39, 0.29) is 12.3 Å². The van der Waals surface area contributed by atoms with E-state index < -0.39 is 22.5 Å². The SMILES string of the molecule is CS(=O)CCNC(=O)CCc1nc2cc(C(F)(F)F)ccc2s1. The van der Waals surface area contributed by atoms with Gasteiger partial charge in [0.15, 0.2) is 0 Å². The summed E-state index contributed by atoms with van der Waals surface area (Å²) in [4.78, 5) is 15.8. The van der Waals surface area contributed by atoms with Gasteiger partial charge in [-0.3, -0.25) is 9.00 Å². The molecule has 0 radical (unpaired) electrons. The molecule has 0 fully saturated rings. The van der Waals surface area contributed by atoms with Crippen molar-refractivity contribution in [2.45, 2.75) is 19.0 Å². The summed E-state index contributed by atoms with van der Waals surface area (Å²) in [5.74, 6) is 0.207. The zero-order valence-electron chi connectivity index (χ0n) is 12.3. The summed E-state index contributed by atoms with van der Waals surface area (Å²) in [6, 6.07) is 3.45. The number of rotatable bonds is 6. The highest BCUT2D eigenvalue weighted by Gasteiger charge is 2.30. The lowest BCUT2D eigenvalue weighted by atomic mass is 10.2. The highest BCUT2D eigenvalue weighted by atomic mass is 32.2. The highest BCUT2D eigenvalue weighted by Crippen LogP contribution is 2.33. The molecule has 0 saturated heterocycles. The predicted molar refractivity (Wildman–Crippen MR) is 84.9 cm³/mol. The lowest BCUT2D eigenvalue weighted by molar-refractivity contribution is -0.137. The van der Waals surface area contributed by atoms with Crippen LogP contribution in [-0.4, -0.2) is 33.7 Å². The molecule has 0 aliphatic heterocycles. The molecule has 0 aliphatic carbocycles. The van der Waals surface area contributed by atoms with Crippen LogP contribution >= 0.6 is 11.3 Å². The van der Waals surface area contributed by atoms with Gasteiger partial charge in [0, 0.05) is 42.2 Å². The van der Waals surface area contributed by atoms with E-state index in [0.29, 0.717) is 33.9 Å². The number of carbonyl (C=O) groups excluding carboxylic acids is 1. The number of fused-ring (bicyclic) bond motifs is 1. The van der Waals surface area contributed by atoms with Gasteiger partial charge in [-0.1, -0.05) is 0 Å². The third kappa shape index (κ3) is 5.28. The van der Waals surface area contributed by atoms with Gasteiger partial charge < -0.3 is 5.32 Å². The minimum Gasteiger partial charge on any atom is -0.355 e. The first-order valence-electron chi connectivity index (χ1n) is 6.79. The first-order valence-corrected chi connectivity index (χ1v) is 9.33. The standard InChI is InChI=1S/C14H15F3N2O2S2/c1-23(21)7-6-18-12(20)4-5-13-19-10-8-9(14(15,16)17)2-3-11(10)22-13/h2-3,8H,4-7H2,1H3,(H,18,20). The van der Waals surface area contributed by atoms with Gasteiger partial charge in [-0.2, -0.15) is 13.2 Å². The van der Waals surface area contributed by atoms with Crippen LogP contribution in [0.3, 0.4) is 0 Å². The Morgan fingerprint density at radius 2 is 2.13 bits per heavy atom. The molecule has 4 nitrogen and oxygen atoms in total. The van der Waals surface area contributed by atoms with E-state index in [2.05, 4.69) is 10.3 Å². The normalized spacial score (nSPS) is 13.2. The quantitative estimate of drug-likeness (QED) is 0.857. The maximum absolute atomic E-state index is 12.7. The van der Waals surface area contributed by atoms with Crippen LogP contribution in [0.5, 0.6) is 0 Å². The highest BCUT2D eigenvalue weighted by molar-refractivity contribution is 7.84. The Bertz CT molecular complexity index is 728. The van der Waals surface area contributed by atoms with E-state index in [0.717, 1.165) is 12.1 Å². The van der Waals surface area contributed by atoms with Crippen LogP contribution in [0.2, 0.25) is 0 Å². The van der Waals surface area contributed by atoms with Crippen molar-refractivity contribution in [2.75, 3.05) is 18.6 Å². The molecule has 0 spiro atoms. The summed E-state index contributed by atoms with van der Waals surface area (Å²) in [5.41, 5.74) is -0.436. The Kier molecular flexibility index (Phi) is 5.74. The van der Waals surface area contributed by atoms with Crippen molar-refractivity contribution in [1.29, 1.82) is 0 Å². The van der Waals surface area contributed by atoms with Gasteiger partial charge in [-0.25, -0.2) is 4.98 Å². The third-order valence-electron chi connectivity index (χ3n) is 3.04. The summed E-state index contributed by atoms with van der Waals surface area (Å²) < 4.78 is 49.5. The Balaban J connectivity index is 1.96. The van der Waals surface area contributed by atoms with Crippen molar-refractivity contribution in [1.82, 2.24) is 10.3 Å². The number of hydrogen-bond acceptors (Lipinski definition) is 4. The van der Waals surface area contributed by atoms with Crippen molar-refractivity contribution in [3.8, 4) is 0 Å². The van der Waals surface area contributed by atoms with Crippen molar-refractivity contribution in [2.24, 2.45) is 0 Å². The van der Waals surface area contributed by atoms with E-state index in [9.17, 15) is 22.2 Å². The molecule has 2 rings (SSSR count). The Morgan fingerprint density at radius 3 is 2.78 bits per heavy atom. The van der Waals surface area contributed by atoms with Crippen molar-refractivity contribution >= 4 is 38.3 Å². The van der Waals surface area contributed by atoms with Crippen LogP contribution in [0.15, 0.2) is 18.2 Å². The number of aryl methyl sites for hydroxylation is 1. The first kappa shape index (κ1) is 17.9. The van der Waals surface area contributed by atoms with Gasteiger partial charge in [0.25, 0.3) is 0 Å². The van der Waals surface area contributed by atoms with Crippen LogP contribution in [0, 0.1) is 0 Å². The number of benzene rings is 1. The maximum atomic E-state index is 12.7. The molecule has 1 unspecified atom stereocenters. The van der Waals surface area contributed by atoms with Gasteiger partial charge in [-0.15, -0.1) is 11.3 Å². The molecular weight excluding hydrogens is 349 g/mol. The van der Waals surface area contributed by atoms with Crippen LogP contribution < -0.4 is 5.32 Å². The van der Waals surface area contributed by atoms with Gasteiger partial charge in [-0.05, 0) is 18.2 Å². The fourth-order valence-electron chi connectivity index (χ4n) is 1.90. The number of alkyl halides is 3. The van der Waals surface area contributed by atoms with Crippen molar-refractivity contribution in [3.05, 3.63) is 28.8 Å². The molecule has 1 heterocycles. The van der Waals surface area contributed by atoms with Crippen molar-refractivity contribution < 1.29 is 22.2 Å². The Labute approximate surface area is 137 Å². The lowest BCUT2D eigenvalue weighted by Gasteiger charge is -2.04. The zero-order valence-corrected chi connectivity index (χ0v) is 13.9. The summed E-state index contributed by atoms with van der Waals surface area (Å²) in [6.45, 7) is 0.344. The second-order valence-electron chi connectivity index (χ2n) is 4.92. The fourth-order valence-corrected chi connectivity index (χ4v) is 3.24. The number of nitrogens with zero attached hydrogens (tertiary/aromatic N) is 1. The molecule has 1 N–H and O–H groups in total. The number of nitrogens with one attached hydrogen (secondary N) is 1. The average molecular weight is 364 g/mol. The second-order valence-corrected chi connectivity index (χ2v) is 7.58. The molecule has 1 aromatic carbocycles. The summed E-state index contributed by atoms with van der Waals surface area (Å²) in [5, 5.41) is 3.26. The lowest BCUT2D eigenvalue weighted by Crippen LogP contribution is -2.27. The molecule has 1 aromatic heterocycles. The largest absolute Gasteiger partial charge is 0.416 e. The monoisotopic (exact) mass is 364 g/mol. The molecule has 1 amide bonds. The molecule has 2 aromatic rings. The first-order chi connectivity index (χ1) is 10.8. The minimum atomic E-state index is -4.39. The smallest absolute Gasteiger partial charge is 0.355 e. The number of thiazole rings is 1. The van der Waals surface area contributed by atoms with Gasteiger partial charge in [0.2, 0.25) is 5.91 Å². The number of halogens is 3. The van der Waals surface area contributed by atoms with Crippen LogP contribution in [0.1, 0.15) is 17.0 Å². The molecule has 0 bridgehead atoms. The van der Waals surface area contributed by atoms with Crippen molar-refractivity contribution in [3.63, 3.8) is 0 Å². The predicted octanol–water partition coefficient (Wildman–Crippen LogP) is 2.74. The molecule has 0 saturated carbocycles. The fraction of sp³-hybridized carbons (Fsp3) is 0.429. The average Bonchev–Trinajstić information content (AvgIpc) is 2.85. The molecule has 126 valence electrons. The summed E-state index contributed by atoms with van der Waals surface area (Å²) in [6.07, 6.45) is -2.27.